The van der Waals surface area contributed by atoms with Gasteiger partial charge in [0.2, 0.25) is 0 Å². The minimum absolute atomic E-state index is 0.0736. The molecule has 1 aliphatic heterocycles. The number of nitrogens with one attached hydrogen (secondary N) is 1. The molecule has 6 heteroatoms. The monoisotopic (exact) mass is 296 g/mol. The summed E-state index contributed by atoms with van der Waals surface area (Å²) >= 11 is 0. The number of anilines is 1. The van der Waals surface area contributed by atoms with Crippen molar-refractivity contribution < 1.29 is 18.7 Å². The largest absolute Gasteiger partial charge is 0.495 e. The average molecular weight is 296 g/mol. The smallest absolute Gasteiger partial charge is 0.322 e. The zero-order valence-electron chi connectivity index (χ0n) is 12.4. The first-order valence-corrected chi connectivity index (χ1v) is 7.14. The molecule has 1 atom stereocenters. The lowest BCUT2D eigenvalue weighted by molar-refractivity contribution is 0.0970. The zero-order valence-corrected chi connectivity index (χ0v) is 12.4. The molecule has 116 valence electrons. The highest BCUT2D eigenvalue weighted by atomic mass is 19.1. The number of benzene rings is 1. The van der Waals surface area contributed by atoms with Crippen molar-refractivity contribution in [2.75, 3.05) is 32.2 Å². The van der Waals surface area contributed by atoms with E-state index in [1.54, 1.807) is 4.90 Å². The number of likely N-dealkylation sites (tertiary alicyclic amines) is 1. The number of amides is 2. The van der Waals surface area contributed by atoms with E-state index in [1.165, 1.54) is 25.3 Å². The van der Waals surface area contributed by atoms with E-state index in [-0.39, 0.29) is 12.1 Å². The maximum absolute atomic E-state index is 13.3. The highest BCUT2D eigenvalue weighted by molar-refractivity contribution is 5.91. The molecule has 5 nitrogen and oxygen atoms in total. The lowest BCUT2D eigenvalue weighted by Crippen LogP contribution is -2.41. The van der Waals surface area contributed by atoms with E-state index < -0.39 is 5.82 Å². The number of carbonyl (C=O) groups is 1. The van der Waals surface area contributed by atoms with Crippen LogP contribution in [0.1, 0.15) is 19.8 Å². The molecule has 1 N–H and O–H groups in total. The molecule has 0 saturated carbocycles. The Kier molecular flexibility index (Phi) is 5.38. The number of ether oxygens (including phenoxy) is 2. The summed E-state index contributed by atoms with van der Waals surface area (Å²) < 4.78 is 23.9. The third-order valence-corrected chi connectivity index (χ3v) is 3.56. The Bertz CT molecular complexity index is 496. The lowest BCUT2D eigenvalue weighted by Gasteiger charge is -2.25. The Hall–Kier alpha value is -1.82. The fourth-order valence-electron chi connectivity index (χ4n) is 2.50. The van der Waals surface area contributed by atoms with Crippen LogP contribution in [0.5, 0.6) is 5.75 Å². The molecule has 1 aromatic rings. The second kappa shape index (κ2) is 7.26. The van der Waals surface area contributed by atoms with Gasteiger partial charge in [-0.25, -0.2) is 9.18 Å². The van der Waals surface area contributed by atoms with Crippen LogP contribution in [0, 0.1) is 5.82 Å². The SMILES string of the molecule is CCOC[C@H]1CCCN1C(=O)Nc1cc(F)ccc1OC. The molecular formula is C15H21FN2O3. The molecule has 1 saturated heterocycles. The van der Waals surface area contributed by atoms with Crippen molar-refractivity contribution >= 4 is 11.7 Å². The topological polar surface area (TPSA) is 50.8 Å². The summed E-state index contributed by atoms with van der Waals surface area (Å²) in [4.78, 5) is 14.1. The maximum atomic E-state index is 13.3. The maximum Gasteiger partial charge on any atom is 0.322 e. The second-order valence-electron chi connectivity index (χ2n) is 4.92. The molecule has 0 aliphatic carbocycles. The van der Waals surface area contributed by atoms with Gasteiger partial charge in [0.1, 0.15) is 11.6 Å². The molecule has 0 aromatic heterocycles. The number of urea groups is 1. The Morgan fingerprint density at radius 2 is 2.33 bits per heavy atom. The van der Waals surface area contributed by atoms with Crippen LogP contribution in [-0.2, 0) is 4.74 Å². The van der Waals surface area contributed by atoms with E-state index in [9.17, 15) is 9.18 Å². The van der Waals surface area contributed by atoms with E-state index in [4.69, 9.17) is 9.47 Å². The van der Waals surface area contributed by atoms with Crippen LogP contribution >= 0.6 is 0 Å². The molecule has 1 aromatic carbocycles. The van der Waals surface area contributed by atoms with Gasteiger partial charge in [0, 0.05) is 19.2 Å². The van der Waals surface area contributed by atoms with Crippen LogP contribution < -0.4 is 10.1 Å². The summed E-state index contributed by atoms with van der Waals surface area (Å²) in [5.41, 5.74) is 0.338. The number of halogens is 1. The van der Waals surface area contributed by atoms with Crippen molar-refractivity contribution in [3.8, 4) is 5.75 Å². The van der Waals surface area contributed by atoms with Crippen molar-refractivity contribution in [1.29, 1.82) is 0 Å². The van der Waals surface area contributed by atoms with Crippen LogP contribution in [0.3, 0.4) is 0 Å². The normalized spacial score (nSPS) is 17.9. The molecular weight excluding hydrogens is 275 g/mol. The molecule has 1 aliphatic rings. The van der Waals surface area contributed by atoms with Gasteiger partial charge in [0.15, 0.2) is 0 Å². The van der Waals surface area contributed by atoms with E-state index in [0.29, 0.717) is 31.2 Å². The molecule has 2 amide bonds. The molecule has 1 fully saturated rings. The summed E-state index contributed by atoms with van der Waals surface area (Å²) in [5, 5.41) is 2.72. The third kappa shape index (κ3) is 3.85. The molecule has 0 unspecified atom stereocenters. The fraction of sp³-hybridized carbons (Fsp3) is 0.533. The van der Waals surface area contributed by atoms with Crippen LogP contribution in [0.4, 0.5) is 14.9 Å². The molecule has 2 rings (SSSR count). The van der Waals surface area contributed by atoms with Gasteiger partial charge < -0.3 is 19.7 Å². The number of hydrogen-bond acceptors (Lipinski definition) is 3. The van der Waals surface area contributed by atoms with Gasteiger partial charge in [-0.2, -0.15) is 0 Å². The van der Waals surface area contributed by atoms with E-state index in [0.717, 1.165) is 12.8 Å². The number of rotatable bonds is 5. The first-order chi connectivity index (χ1) is 10.2. The number of carbonyl (C=O) groups excluding carboxylic acids is 1. The third-order valence-electron chi connectivity index (χ3n) is 3.56. The van der Waals surface area contributed by atoms with Crippen LogP contribution in [0.2, 0.25) is 0 Å². The van der Waals surface area contributed by atoms with Crippen LogP contribution in [-0.4, -0.2) is 43.8 Å². The Balaban J connectivity index is 2.05. The van der Waals surface area contributed by atoms with Crippen molar-refractivity contribution in [2.24, 2.45) is 0 Å². The quantitative estimate of drug-likeness (QED) is 0.909. The van der Waals surface area contributed by atoms with Crippen molar-refractivity contribution in [2.45, 2.75) is 25.8 Å². The summed E-state index contributed by atoms with van der Waals surface area (Å²) in [5.74, 6) is 0.0173. The van der Waals surface area contributed by atoms with Crippen LogP contribution in [0.15, 0.2) is 18.2 Å². The van der Waals surface area contributed by atoms with Gasteiger partial charge >= 0.3 is 6.03 Å². The van der Waals surface area contributed by atoms with E-state index in [1.807, 2.05) is 6.92 Å². The number of nitrogens with zero attached hydrogens (tertiary/aromatic N) is 1. The first-order valence-electron chi connectivity index (χ1n) is 7.14. The van der Waals surface area contributed by atoms with Gasteiger partial charge in [-0.3, -0.25) is 0 Å². The second-order valence-corrected chi connectivity index (χ2v) is 4.92. The van der Waals surface area contributed by atoms with Crippen molar-refractivity contribution in [3.05, 3.63) is 24.0 Å². The molecule has 21 heavy (non-hydrogen) atoms. The molecule has 0 spiro atoms. The highest BCUT2D eigenvalue weighted by Crippen LogP contribution is 2.26. The summed E-state index contributed by atoms with van der Waals surface area (Å²) in [7, 11) is 1.48. The van der Waals surface area contributed by atoms with Gasteiger partial charge in [-0.15, -0.1) is 0 Å². The Morgan fingerprint density at radius 3 is 3.05 bits per heavy atom. The van der Waals surface area contributed by atoms with E-state index in [2.05, 4.69) is 5.32 Å². The lowest BCUT2D eigenvalue weighted by atomic mass is 10.2. The fourth-order valence-corrected chi connectivity index (χ4v) is 2.50. The summed E-state index contributed by atoms with van der Waals surface area (Å²) in [6.07, 6.45) is 1.87. The van der Waals surface area contributed by atoms with E-state index >= 15 is 0 Å². The minimum atomic E-state index is -0.418. The van der Waals surface area contributed by atoms with Crippen molar-refractivity contribution in [1.82, 2.24) is 4.90 Å². The molecule has 0 bridgehead atoms. The predicted octanol–water partition coefficient (Wildman–Crippen LogP) is 2.87. The van der Waals surface area contributed by atoms with Gasteiger partial charge in [-0.05, 0) is 31.9 Å². The van der Waals surface area contributed by atoms with Crippen molar-refractivity contribution in [3.63, 3.8) is 0 Å². The summed E-state index contributed by atoms with van der Waals surface area (Å²) in [6, 6.07) is 3.87. The molecule has 0 radical (unpaired) electrons. The number of methoxy groups -OCH3 is 1. The number of hydrogen-bond donors (Lipinski definition) is 1. The average Bonchev–Trinajstić information content (AvgIpc) is 2.94. The minimum Gasteiger partial charge on any atom is -0.495 e. The first kappa shape index (κ1) is 15.6. The zero-order chi connectivity index (χ0) is 15.2. The van der Waals surface area contributed by atoms with Crippen LogP contribution in [0.25, 0.3) is 0 Å². The standard InChI is InChI=1S/C15H21FN2O3/c1-3-21-10-12-5-4-8-18(12)15(19)17-13-9-11(16)6-7-14(13)20-2/h6-7,9,12H,3-5,8,10H2,1-2H3,(H,17,19)/t12-/m1/s1. The summed E-state index contributed by atoms with van der Waals surface area (Å²) in [6.45, 7) is 3.77. The molecule has 1 heterocycles. The highest BCUT2D eigenvalue weighted by Gasteiger charge is 2.29. The predicted molar refractivity (Wildman–Crippen MR) is 78.2 cm³/mol. The van der Waals surface area contributed by atoms with Gasteiger partial charge in [0.25, 0.3) is 0 Å². The Labute approximate surface area is 124 Å². The Morgan fingerprint density at radius 1 is 1.52 bits per heavy atom. The van der Waals surface area contributed by atoms with Gasteiger partial charge in [-0.1, -0.05) is 0 Å². The van der Waals surface area contributed by atoms with Gasteiger partial charge in [0.05, 0.1) is 25.4 Å².